The van der Waals surface area contributed by atoms with Gasteiger partial charge in [-0.25, -0.2) is 13.8 Å². The van der Waals surface area contributed by atoms with Crippen molar-refractivity contribution in [1.82, 2.24) is 14.6 Å². The number of fused-ring (bicyclic) bond motifs is 2. The van der Waals surface area contributed by atoms with E-state index in [0.717, 1.165) is 0 Å². The molecule has 0 bridgehead atoms. The number of amides is 1. The maximum absolute atomic E-state index is 12.4. The number of aromatic nitrogens is 3. The van der Waals surface area contributed by atoms with E-state index in [0.29, 0.717) is 53.4 Å². The van der Waals surface area contributed by atoms with Gasteiger partial charge >= 0.3 is 0 Å². The maximum Gasteiger partial charge on any atom is 0.239 e. The highest BCUT2D eigenvalue weighted by Gasteiger charge is 2.18. The first-order valence-corrected chi connectivity index (χ1v) is 9.35. The van der Waals surface area contributed by atoms with Crippen LogP contribution in [0.4, 0.5) is 31.8 Å². The number of ether oxygens (including phenoxy) is 2. The van der Waals surface area contributed by atoms with Crippen molar-refractivity contribution in [2.75, 3.05) is 36.2 Å². The normalized spacial score (nSPS) is 12.8. The average Bonchev–Trinajstić information content (AvgIpc) is 3.14. The van der Waals surface area contributed by atoms with Crippen molar-refractivity contribution < 1.29 is 23.0 Å². The van der Waals surface area contributed by atoms with Gasteiger partial charge in [0.2, 0.25) is 12.3 Å². The van der Waals surface area contributed by atoms with E-state index in [1.54, 1.807) is 13.1 Å². The van der Waals surface area contributed by atoms with Gasteiger partial charge in [-0.3, -0.25) is 4.79 Å². The largest absolute Gasteiger partial charge is 0.486 e. The molecular formula is C19H20F2N6O3. The van der Waals surface area contributed by atoms with Crippen LogP contribution in [0.5, 0.6) is 11.5 Å². The Labute approximate surface area is 170 Å². The lowest BCUT2D eigenvalue weighted by atomic mass is 10.2. The summed E-state index contributed by atoms with van der Waals surface area (Å²) in [6.45, 7) is 0.923. The first-order valence-electron chi connectivity index (χ1n) is 9.35. The number of rotatable bonds is 7. The summed E-state index contributed by atoms with van der Waals surface area (Å²) in [5.74, 6) is 1.78. The Hall–Kier alpha value is -3.63. The number of anilines is 4. The number of nitrogens with zero attached hydrogens (tertiary/aromatic N) is 3. The highest BCUT2D eigenvalue weighted by molar-refractivity contribution is 5.94. The number of benzene rings is 1. The van der Waals surface area contributed by atoms with Gasteiger partial charge in [0.15, 0.2) is 17.1 Å². The molecule has 30 heavy (non-hydrogen) atoms. The molecule has 1 aliphatic rings. The Morgan fingerprint density at radius 2 is 2.10 bits per heavy atom. The SMILES string of the molecule is CNc1cc(Nc2cccc3c2OCCO3)nc2c(NC(=O)CCC(F)F)cnn12. The van der Waals surface area contributed by atoms with Crippen molar-refractivity contribution in [2.45, 2.75) is 19.3 Å². The predicted molar refractivity (Wildman–Crippen MR) is 107 cm³/mol. The molecule has 1 amide bonds. The number of hydrogen-bond acceptors (Lipinski definition) is 7. The molecule has 0 radical (unpaired) electrons. The van der Waals surface area contributed by atoms with E-state index in [-0.39, 0.29) is 6.42 Å². The number of halogens is 2. The van der Waals surface area contributed by atoms with E-state index in [1.807, 2.05) is 18.2 Å². The van der Waals surface area contributed by atoms with Gasteiger partial charge in [-0.15, -0.1) is 0 Å². The molecule has 0 spiro atoms. The third kappa shape index (κ3) is 4.04. The highest BCUT2D eigenvalue weighted by Crippen LogP contribution is 2.38. The second kappa shape index (κ2) is 8.39. The molecule has 3 N–H and O–H groups in total. The van der Waals surface area contributed by atoms with Crippen molar-refractivity contribution in [1.29, 1.82) is 0 Å². The molecule has 9 nitrogen and oxygen atoms in total. The lowest BCUT2D eigenvalue weighted by Gasteiger charge is -2.21. The molecule has 3 aromatic rings. The van der Waals surface area contributed by atoms with E-state index in [2.05, 4.69) is 26.0 Å². The lowest BCUT2D eigenvalue weighted by molar-refractivity contribution is -0.116. The Bertz CT molecular complexity index is 1070. The molecule has 4 rings (SSSR count). The van der Waals surface area contributed by atoms with E-state index in [1.165, 1.54) is 10.7 Å². The van der Waals surface area contributed by atoms with Gasteiger partial charge in [0.25, 0.3) is 0 Å². The minimum absolute atomic E-state index is 0.292. The van der Waals surface area contributed by atoms with E-state index in [4.69, 9.17) is 9.47 Å². The average molecular weight is 418 g/mol. The zero-order valence-electron chi connectivity index (χ0n) is 16.1. The summed E-state index contributed by atoms with van der Waals surface area (Å²) in [6.07, 6.45) is -1.91. The fourth-order valence-electron chi connectivity index (χ4n) is 3.06. The third-order valence-corrected chi connectivity index (χ3v) is 4.42. The van der Waals surface area contributed by atoms with Crippen LogP contribution < -0.4 is 25.4 Å². The van der Waals surface area contributed by atoms with Crippen LogP contribution in [0.3, 0.4) is 0 Å². The maximum atomic E-state index is 12.4. The van der Waals surface area contributed by atoms with Gasteiger partial charge < -0.3 is 25.4 Å². The van der Waals surface area contributed by atoms with Crippen molar-refractivity contribution in [3.8, 4) is 11.5 Å². The summed E-state index contributed by atoms with van der Waals surface area (Å²) in [5.41, 5.74) is 1.36. The van der Waals surface area contributed by atoms with Gasteiger partial charge in [0, 0.05) is 26.0 Å². The smallest absolute Gasteiger partial charge is 0.239 e. The van der Waals surface area contributed by atoms with Crippen LogP contribution in [0.2, 0.25) is 0 Å². The summed E-state index contributed by atoms with van der Waals surface area (Å²) >= 11 is 0. The van der Waals surface area contributed by atoms with Gasteiger partial charge in [-0.05, 0) is 12.1 Å². The van der Waals surface area contributed by atoms with Gasteiger partial charge in [-0.2, -0.15) is 9.61 Å². The third-order valence-electron chi connectivity index (χ3n) is 4.42. The number of carbonyl (C=O) groups is 1. The quantitative estimate of drug-likeness (QED) is 0.541. The molecule has 0 unspecified atom stereocenters. The van der Waals surface area contributed by atoms with Gasteiger partial charge in [0.05, 0.1) is 11.9 Å². The fraction of sp³-hybridized carbons (Fsp3) is 0.316. The summed E-state index contributed by atoms with van der Waals surface area (Å²) < 4.78 is 37.5. The molecular weight excluding hydrogens is 398 g/mol. The molecule has 158 valence electrons. The Morgan fingerprint density at radius 1 is 1.27 bits per heavy atom. The van der Waals surface area contributed by atoms with Gasteiger partial charge in [0.1, 0.15) is 30.5 Å². The van der Waals surface area contributed by atoms with Crippen molar-refractivity contribution >= 4 is 34.6 Å². The molecule has 1 aromatic carbocycles. The number of hydrogen-bond donors (Lipinski definition) is 3. The Kier molecular flexibility index (Phi) is 5.50. The molecule has 11 heteroatoms. The first kappa shape index (κ1) is 19.7. The zero-order valence-corrected chi connectivity index (χ0v) is 16.1. The van der Waals surface area contributed by atoms with Crippen LogP contribution in [0.15, 0.2) is 30.5 Å². The van der Waals surface area contributed by atoms with E-state index >= 15 is 0 Å². The molecule has 0 saturated heterocycles. The summed E-state index contributed by atoms with van der Waals surface area (Å²) in [7, 11) is 1.72. The molecule has 0 aliphatic carbocycles. The summed E-state index contributed by atoms with van der Waals surface area (Å²) in [6, 6.07) is 7.23. The molecule has 0 saturated carbocycles. The Morgan fingerprint density at radius 3 is 2.90 bits per heavy atom. The fourth-order valence-corrected chi connectivity index (χ4v) is 3.06. The first-order chi connectivity index (χ1) is 14.5. The lowest BCUT2D eigenvalue weighted by Crippen LogP contribution is -2.16. The van der Waals surface area contributed by atoms with Crippen LogP contribution in [0, 0.1) is 0 Å². The van der Waals surface area contributed by atoms with E-state index < -0.39 is 18.8 Å². The zero-order chi connectivity index (χ0) is 21.1. The minimum Gasteiger partial charge on any atom is -0.486 e. The second-order valence-corrected chi connectivity index (χ2v) is 6.50. The van der Waals surface area contributed by atoms with Crippen molar-refractivity contribution in [3.05, 3.63) is 30.5 Å². The van der Waals surface area contributed by atoms with Crippen LogP contribution >= 0.6 is 0 Å². The molecule has 3 heterocycles. The minimum atomic E-state index is -2.53. The van der Waals surface area contributed by atoms with Crippen LogP contribution in [0.1, 0.15) is 12.8 Å². The molecule has 2 aromatic heterocycles. The summed E-state index contributed by atoms with van der Waals surface area (Å²) in [4.78, 5) is 16.5. The predicted octanol–water partition coefficient (Wildman–Crippen LogP) is 3.27. The summed E-state index contributed by atoms with van der Waals surface area (Å²) in [5, 5.41) is 13.0. The number of nitrogens with one attached hydrogen (secondary N) is 3. The standard InChI is InChI=1S/C19H20F2N6O3/c1-22-16-9-15(24-11-3-2-4-13-18(11)30-8-7-29-13)26-19-12(10-23-27(16)19)25-17(28)6-5-14(20)21/h2-4,9-10,14,22H,5-8H2,1H3,(H,24,26)(H,25,28). The van der Waals surface area contributed by atoms with Crippen LogP contribution in [-0.4, -0.2) is 47.2 Å². The molecule has 0 atom stereocenters. The number of alkyl halides is 2. The second-order valence-electron chi connectivity index (χ2n) is 6.50. The van der Waals surface area contributed by atoms with E-state index in [9.17, 15) is 13.6 Å². The topological polar surface area (TPSA) is 102 Å². The highest BCUT2D eigenvalue weighted by atomic mass is 19.3. The van der Waals surface area contributed by atoms with Gasteiger partial charge in [-0.1, -0.05) is 6.07 Å². The number of para-hydroxylation sites is 1. The van der Waals surface area contributed by atoms with Crippen LogP contribution in [-0.2, 0) is 4.79 Å². The Balaban J connectivity index is 1.64. The van der Waals surface area contributed by atoms with Crippen molar-refractivity contribution in [3.63, 3.8) is 0 Å². The van der Waals surface area contributed by atoms with Crippen LogP contribution in [0.25, 0.3) is 5.65 Å². The molecule has 0 fully saturated rings. The monoisotopic (exact) mass is 418 g/mol. The molecule has 1 aliphatic heterocycles. The van der Waals surface area contributed by atoms with Crippen molar-refractivity contribution in [2.24, 2.45) is 0 Å². The number of carbonyl (C=O) groups excluding carboxylic acids is 1.